The van der Waals surface area contributed by atoms with Gasteiger partial charge in [0.2, 0.25) is 0 Å². The van der Waals surface area contributed by atoms with Crippen LogP contribution in [0.25, 0.3) is 0 Å². The number of hydrogen-bond donors (Lipinski definition) is 1. The van der Waals surface area contributed by atoms with Gasteiger partial charge in [0.15, 0.2) is 5.96 Å². The number of rotatable bonds is 10. The van der Waals surface area contributed by atoms with Gasteiger partial charge in [-0.15, -0.1) is 0 Å². The Morgan fingerprint density at radius 2 is 1.77 bits per heavy atom. The summed E-state index contributed by atoms with van der Waals surface area (Å²) in [6.07, 6.45) is 9.82. The second-order valence-corrected chi connectivity index (χ2v) is 8.30. The van der Waals surface area contributed by atoms with Gasteiger partial charge in [0.05, 0.1) is 12.2 Å². The molecule has 0 unspecified atom stereocenters. The Morgan fingerprint density at radius 3 is 2.43 bits per heavy atom. The van der Waals surface area contributed by atoms with Crippen LogP contribution in [0.1, 0.15) is 50.5 Å². The van der Waals surface area contributed by atoms with Gasteiger partial charge in [-0.1, -0.05) is 12.1 Å². The number of guanidine groups is 1. The van der Waals surface area contributed by atoms with E-state index in [1.807, 2.05) is 7.05 Å². The van der Waals surface area contributed by atoms with E-state index in [1.54, 1.807) is 7.11 Å². The van der Waals surface area contributed by atoms with Crippen LogP contribution in [0.3, 0.4) is 0 Å². The molecule has 1 aromatic carbocycles. The normalized spacial score (nSPS) is 18.7. The van der Waals surface area contributed by atoms with Crippen LogP contribution in [0.2, 0.25) is 0 Å². The van der Waals surface area contributed by atoms with Crippen molar-refractivity contribution < 1.29 is 14.2 Å². The van der Waals surface area contributed by atoms with Crippen molar-refractivity contribution in [2.45, 2.75) is 63.6 Å². The minimum Gasteiger partial charge on any atom is -0.490 e. The molecule has 30 heavy (non-hydrogen) atoms. The van der Waals surface area contributed by atoms with Gasteiger partial charge in [0, 0.05) is 47.0 Å². The highest BCUT2D eigenvalue weighted by atomic mass is 16.5. The maximum atomic E-state index is 6.06. The van der Waals surface area contributed by atoms with Crippen LogP contribution in [0, 0.1) is 0 Å². The van der Waals surface area contributed by atoms with Crippen LogP contribution in [0.15, 0.2) is 29.3 Å². The van der Waals surface area contributed by atoms with Crippen molar-refractivity contribution in [3.05, 3.63) is 29.8 Å². The predicted molar refractivity (Wildman–Crippen MR) is 121 cm³/mol. The van der Waals surface area contributed by atoms with E-state index in [0.717, 1.165) is 70.2 Å². The molecule has 2 aliphatic rings. The Hall–Kier alpha value is -1.79. The van der Waals surface area contributed by atoms with Gasteiger partial charge in [0.1, 0.15) is 5.75 Å². The number of aliphatic imine (C=N–C) groups is 1. The molecule has 1 aliphatic heterocycles. The highest BCUT2D eigenvalue weighted by Crippen LogP contribution is 2.24. The Balaban J connectivity index is 1.33. The van der Waals surface area contributed by atoms with Crippen molar-refractivity contribution in [1.82, 2.24) is 10.2 Å². The van der Waals surface area contributed by atoms with E-state index >= 15 is 0 Å². The van der Waals surface area contributed by atoms with Crippen molar-refractivity contribution in [3.8, 4) is 5.75 Å². The number of nitrogens with zero attached hydrogens (tertiary/aromatic N) is 2. The summed E-state index contributed by atoms with van der Waals surface area (Å²) in [6.45, 7) is 4.41. The lowest BCUT2D eigenvalue weighted by atomic mass is 10.1. The molecule has 0 aromatic heterocycles. The summed E-state index contributed by atoms with van der Waals surface area (Å²) in [4.78, 5) is 6.82. The highest BCUT2D eigenvalue weighted by molar-refractivity contribution is 5.79. The number of nitrogens with one attached hydrogen (secondary N) is 1. The zero-order chi connectivity index (χ0) is 21.0. The van der Waals surface area contributed by atoms with Gasteiger partial charge in [-0.2, -0.15) is 0 Å². The Bertz CT molecular complexity index is 621. The van der Waals surface area contributed by atoms with Crippen LogP contribution in [-0.4, -0.2) is 70.1 Å². The van der Waals surface area contributed by atoms with Crippen molar-refractivity contribution >= 4 is 5.96 Å². The molecular weight excluding hydrogens is 378 g/mol. The number of likely N-dealkylation sites (tertiary alicyclic amines) is 1. The Kier molecular flexibility index (Phi) is 9.77. The van der Waals surface area contributed by atoms with E-state index in [1.165, 1.54) is 31.2 Å². The third kappa shape index (κ3) is 7.47. The van der Waals surface area contributed by atoms with Crippen molar-refractivity contribution in [2.24, 2.45) is 4.99 Å². The van der Waals surface area contributed by atoms with Crippen LogP contribution in [-0.2, 0) is 15.9 Å². The SMILES string of the molecule is CN=C(NCCc1ccc(OC2CCCC2)cc1)N1CCC(OCCCOC)CC1. The first-order chi connectivity index (χ1) is 14.8. The van der Waals surface area contributed by atoms with E-state index < -0.39 is 0 Å². The van der Waals surface area contributed by atoms with Gasteiger partial charge in [0.25, 0.3) is 0 Å². The zero-order valence-electron chi connectivity index (χ0n) is 18.8. The molecule has 0 bridgehead atoms. The van der Waals surface area contributed by atoms with E-state index in [-0.39, 0.29) is 0 Å². The van der Waals surface area contributed by atoms with Crippen molar-refractivity contribution in [2.75, 3.05) is 47.0 Å². The summed E-state index contributed by atoms with van der Waals surface area (Å²) in [5.74, 6) is 2.00. The van der Waals surface area contributed by atoms with Crippen LogP contribution in [0.4, 0.5) is 0 Å². The van der Waals surface area contributed by atoms with E-state index in [0.29, 0.717) is 12.2 Å². The van der Waals surface area contributed by atoms with Gasteiger partial charge in [-0.25, -0.2) is 0 Å². The minimum atomic E-state index is 0.362. The number of methoxy groups -OCH3 is 1. The second kappa shape index (κ2) is 12.8. The molecule has 1 saturated carbocycles. The molecule has 0 atom stereocenters. The molecule has 1 saturated heterocycles. The van der Waals surface area contributed by atoms with Crippen molar-refractivity contribution in [3.63, 3.8) is 0 Å². The molecular formula is C24H39N3O3. The first-order valence-electron chi connectivity index (χ1n) is 11.6. The quantitative estimate of drug-likeness (QED) is 0.358. The molecule has 1 aromatic rings. The van der Waals surface area contributed by atoms with Gasteiger partial charge in [-0.05, 0) is 69.1 Å². The molecule has 0 radical (unpaired) electrons. The summed E-state index contributed by atoms with van der Waals surface area (Å²) in [7, 11) is 3.60. The second-order valence-electron chi connectivity index (χ2n) is 8.30. The summed E-state index contributed by atoms with van der Waals surface area (Å²) in [5, 5.41) is 3.52. The molecule has 0 spiro atoms. The van der Waals surface area contributed by atoms with Gasteiger partial charge >= 0.3 is 0 Å². The largest absolute Gasteiger partial charge is 0.490 e. The maximum absolute atomic E-state index is 6.06. The minimum absolute atomic E-state index is 0.362. The summed E-state index contributed by atoms with van der Waals surface area (Å²) < 4.78 is 17.1. The lowest BCUT2D eigenvalue weighted by Crippen LogP contribution is -2.47. The average Bonchev–Trinajstić information content (AvgIpc) is 3.29. The number of piperidine rings is 1. The molecule has 1 N–H and O–H groups in total. The van der Waals surface area contributed by atoms with Crippen LogP contribution >= 0.6 is 0 Å². The van der Waals surface area contributed by atoms with E-state index in [9.17, 15) is 0 Å². The molecule has 3 rings (SSSR count). The fourth-order valence-corrected chi connectivity index (χ4v) is 4.27. The van der Waals surface area contributed by atoms with Crippen LogP contribution in [0.5, 0.6) is 5.75 Å². The number of benzene rings is 1. The number of hydrogen-bond acceptors (Lipinski definition) is 4. The lowest BCUT2D eigenvalue weighted by molar-refractivity contribution is 0.00992. The first-order valence-corrected chi connectivity index (χ1v) is 11.6. The van der Waals surface area contributed by atoms with E-state index in [4.69, 9.17) is 14.2 Å². The monoisotopic (exact) mass is 417 g/mol. The van der Waals surface area contributed by atoms with E-state index in [2.05, 4.69) is 39.5 Å². The van der Waals surface area contributed by atoms with Gasteiger partial charge < -0.3 is 24.4 Å². The summed E-state index contributed by atoms with van der Waals surface area (Å²) >= 11 is 0. The molecule has 1 heterocycles. The molecule has 0 amide bonds. The molecule has 6 heteroatoms. The van der Waals surface area contributed by atoms with Crippen LogP contribution < -0.4 is 10.1 Å². The molecule has 6 nitrogen and oxygen atoms in total. The number of ether oxygens (including phenoxy) is 3. The summed E-state index contributed by atoms with van der Waals surface area (Å²) in [6, 6.07) is 8.59. The molecule has 168 valence electrons. The maximum Gasteiger partial charge on any atom is 0.193 e. The Morgan fingerprint density at radius 1 is 1.03 bits per heavy atom. The topological polar surface area (TPSA) is 55.3 Å². The standard InChI is InChI=1S/C24H39N3O3/c1-25-24(27-16-13-21(14-17-27)29-19-5-18-28-2)26-15-12-20-8-10-23(11-9-20)30-22-6-3-4-7-22/h8-11,21-22H,3-7,12-19H2,1-2H3,(H,25,26). The average molecular weight is 418 g/mol. The third-order valence-corrected chi connectivity index (χ3v) is 6.02. The summed E-state index contributed by atoms with van der Waals surface area (Å²) in [5.41, 5.74) is 1.32. The molecule has 2 fully saturated rings. The third-order valence-electron chi connectivity index (χ3n) is 6.02. The fraction of sp³-hybridized carbons (Fsp3) is 0.708. The highest BCUT2D eigenvalue weighted by Gasteiger charge is 2.21. The Labute approximate surface area is 182 Å². The smallest absolute Gasteiger partial charge is 0.193 e. The fourth-order valence-electron chi connectivity index (χ4n) is 4.27. The van der Waals surface area contributed by atoms with Gasteiger partial charge in [-0.3, -0.25) is 4.99 Å². The zero-order valence-corrected chi connectivity index (χ0v) is 18.8. The predicted octanol–water partition coefficient (Wildman–Crippen LogP) is 3.64. The first kappa shape index (κ1) is 22.9. The van der Waals surface area contributed by atoms with Crippen molar-refractivity contribution in [1.29, 1.82) is 0 Å². The lowest BCUT2D eigenvalue weighted by Gasteiger charge is -2.34. The molecule has 1 aliphatic carbocycles.